The van der Waals surface area contributed by atoms with E-state index in [9.17, 15) is 4.79 Å². The van der Waals surface area contributed by atoms with Gasteiger partial charge < -0.3 is 11.1 Å². The van der Waals surface area contributed by atoms with Crippen molar-refractivity contribution in [1.82, 2.24) is 9.78 Å². The van der Waals surface area contributed by atoms with Crippen molar-refractivity contribution in [3.8, 4) is 11.3 Å². The van der Waals surface area contributed by atoms with Crippen LogP contribution in [0.5, 0.6) is 0 Å². The van der Waals surface area contributed by atoms with E-state index in [2.05, 4.69) is 10.4 Å². The first-order valence-corrected chi connectivity index (χ1v) is 7.45. The zero-order valence-corrected chi connectivity index (χ0v) is 12.7. The normalized spacial score (nSPS) is 14.2. The summed E-state index contributed by atoms with van der Waals surface area (Å²) in [5.74, 6) is 0.658. The fourth-order valence-corrected chi connectivity index (χ4v) is 2.95. The Hall–Kier alpha value is -1.72. The van der Waals surface area contributed by atoms with E-state index in [4.69, 9.17) is 28.9 Å². The second-order valence-corrected chi connectivity index (χ2v) is 5.70. The van der Waals surface area contributed by atoms with E-state index >= 15 is 0 Å². The van der Waals surface area contributed by atoms with Crippen LogP contribution < -0.4 is 11.1 Å². The highest BCUT2D eigenvalue weighted by molar-refractivity contribution is 6.43. The number of nitrogens with zero attached hydrogens (tertiary/aromatic N) is 2. The molecule has 1 amide bonds. The molecule has 5 nitrogen and oxygen atoms in total. The summed E-state index contributed by atoms with van der Waals surface area (Å²) in [6.45, 7) is 0.786. The number of fused-ring (bicyclic) bond motifs is 1. The molecular formula is C14H14Cl2N4O. The van der Waals surface area contributed by atoms with Crippen molar-refractivity contribution in [2.75, 3.05) is 11.9 Å². The van der Waals surface area contributed by atoms with Gasteiger partial charge in [-0.25, -0.2) is 4.79 Å². The minimum absolute atomic E-state index is 0.431. The third-order valence-corrected chi connectivity index (χ3v) is 4.36. The molecule has 2 heterocycles. The van der Waals surface area contributed by atoms with Crippen molar-refractivity contribution in [2.24, 2.45) is 5.73 Å². The van der Waals surface area contributed by atoms with Crippen LogP contribution in [0, 0.1) is 0 Å². The van der Waals surface area contributed by atoms with Gasteiger partial charge in [-0.2, -0.15) is 9.78 Å². The largest absolute Gasteiger partial charge is 0.370 e. The molecule has 0 bridgehead atoms. The molecule has 0 saturated carbocycles. The van der Waals surface area contributed by atoms with Crippen LogP contribution in [0.25, 0.3) is 11.3 Å². The Labute approximate surface area is 132 Å². The van der Waals surface area contributed by atoms with E-state index < -0.39 is 6.03 Å². The first-order valence-electron chi connectivity index (χ1n) is 6.69. The average Bonchev–Trinajstić information content (AvgIpc) is 2.65. The van der Waals surface area contributed by atoms with Gasteiger partial charge in [-0.15, -0.1) is 0 Å². The summed E-state index contributed by atoms with van der Waals surface area (Å²) >= 11 is 12.4. The van der Waals surface area contributed by atoms with Crippen molar-refractivity contribution in [1.29, 1.82) is 0 Å². The molecule has 1 aliphatic heterocycles. The van der Waals surface area contributed by atoms with Crippen molar-refractivity contribution >= 4 is 35.1 Å². The first-order chi connectivity index (χ1) is 10.1. The highest BCUT2D eigenvalue weighted by Crippen LogP contribution is 2.38. The Morgan fingerprint density at radius 2 is 2.14 bits per heavy atom. The molecule has 3 N–H and O–H groups in total. The summed E-state index contributed by atoms with van der Waals surface area (Å²) in [4.78, 5) is 11.6. The van der Waals surface area contributed by atoms with Crippen LogP contribution in [0.1, 0.15) is 18.4 Å². The number of aromatic nitrogens is 2. The molecule has 0 saturated heterocycles. The molecule has 3 rings (SSSR count). The second kappa shape index (κ2) is 5.58. The van der Waals surface area contributed by atoms with Gasteiger partial charge in [0.2, 0.25) is 0 Å². The summed E-state index contributed by atoms with van der Waals surface area (Å²) in [6, 6.07) is 4.75. The Balaban J connectivity index is 2.23. The van der Waals surface area contributed by atoms with Crippen molar-refractivity contribution in [2.45, 2.75) is 19.3 Å². The van der Waals surface area contributed by atoms with Crippen molar-refractivity contribution in [3.63, 3.8) is 0 Å². The number of primary amides is 1. The Bertz CT molecular complexity index is 711. The molecule has 1 aliphatic rings. The molecule has 110 valence electrons. The van der Waals surface area contributed by atoms with Crippen LogP contribution in [-0.2, 0) is 6.42 Å². The van der Waals surface area contributed by atoms with Gasteiger partial charge in [0.25, 0.3) is 0 Å². The lowest BCUT2D eigenvalue weighted by molar-refractivity contribution is 0.248. The van der Waals surface area contributed by atoms with Gasteiger partial charge in [0.15, 0.2) is 0 Å². The maximum Gasteiger partial charge on any atom is 0.341 e. The minimum atomic E-state index is -0.620. The van der Waals surface area contributed by atoms with E-state index in [0.29, 0.717) is 27.1 Å². The zero-order valence-electron chi connectivity index (χ0n) is 11.2. The number of rotatable bonds is 1. The van der Waals surface area contributed by atoms with Crippen LogP contribution in [0.3, 0.4) is 0 Å². The van der Waals surface area contributed by atoms with Gasteiger partial charge in [-0.05, 0) is 25.3 Å². The molecule has 0 atom stereocenters. The standard InChI is InChI=1S/C14H14Cl2N4O/c15-10-6-3-5-8(11(10)16)12-9-4-1-2-7-18-13(9)20(19-12)14(17)21/h3,5-6,18H,1-2,4,7H2,(H2,17,21). The maximum absolute atomic E-state index is 11.6. The lowest BCUT2D eigenvalue weighted by Crippen LogP contribution is -2.23. The quantitative estimate of drug-likeness (QED) is 0.842. The van der Waals surface area contributed by atoms with Gasteiger partial charge in [-0.3, -0.25) is 0 Å². The minimum Gasteiger partial charge on any atom is -0.370 e. The van der Waals surface area contributed by atoms with Crippen LogP contribution >= 0.6 is 23.2 Å². The van der Waals surface area contributed by atoms with Gasteiger partial charge in [0.05, 0.1) is 15.7 Å². The monoisotopic (exact) mass is 324 g/mol. The second-order valence-electron chi connectivity index (χ2n) is 4.91. The number of benzene rings is 1. The van der Waals surface area contributed by atoms with Gasteiger partial charge in [0.1, 0.15) is 5.82 Å². The fraction of sp³-hybridized carbons (Fsp3) is 0.286. The van der Waals surface area contributed by atoms with E-state index in [-0.39, 0.29) is 0 Å². The number of anilines is 1. The summed E-state index contributed by atoms with van der Waals surface area (Å²) in [5.41, 5.74) is 7.74. The Morgan fingerprint density at radius 3 is 2.90 bits per heavy atom. The van der Waals surface area contributed by atoms with E-state index in [1.54, 1.807) is 6.07 Å². The highest BCUT2D eigenvalue weighted by Gasteiger charge is 2.24. The number of carbonyl (C=O) groups is 1. The SMILES string of the molecule is NC(=O)n1nc(-c2cccc(Cl)c2Cl)c2c1NCCCC2. The van der Waals surface area contributed by atoms with E-state index in [1.165, 1.54) is 4.68 Å². The summed E-state index contributed by atoms with van der Waals surface area (Å²) in [7, 11) is 0. The van der Waals surface area contributed by atoms with Crippen LogP contribution in [0.2, 0.25) is 10.0 Å². The van der Waals surface area contributed by atoms with E-state index in [1.807, 2.05) is 12.1 Å². The number of nitrogens with one attached hydrogen (secondary N) is 1. The van der Waals surface area contributed by atoms with Crippen molar-refractivity contribution < 1.29 is 4.79 Å². The van der Waals surface area contributed by atoms with Crippen molar-refractivity contribution in [3.05, 3.63) is 33.8 Å². The first kappa shape index (κ1) is 14.2. The Morgan fingerprint density at radius 1 is 1.33 bits per heavy atom. The van der Waals surface area contributed by atoms with Gasteiger partial charge >= 0.3 is 6.03 Å². The Kier molecular flexibility index (Phi) is 3.78. The van der Waals surface area contributed by atoms with Gasteiger partial charge in [-0.1, -0.05) is 35.3 Å². The topological polar surface area (TPSA) is 72.9 Å². The third kappa shape index (κ3) is 2.47. The number of amides is 1. The molecule has 1 aromatic heterocycles. The molecule has 1 aromatic carbocycles. The predicted molar refractivity (Wildman–Crippen MR) is 84.1 cm³/mol. The summed E-state index contributed by atoms with van der Waals surface area (Å²) in [6.07, 6.45) is 2.85. The van der Waals surface area contributed by atoms with Crippen LogP contribution in [0.15, 0.2) is 18.2 Å². The molecule has 0 aliphatic carbocycles. The molecule has 2 aromatic rings. The maximum atomic E-state index is 11.6. The molecular weight excluding hydrogens is 311 g/mol. The summed E-state index contributed by atoms with van der Waals surface area (Å²) < 4.78 is 1.20. The fourth-order valence-electron chi connectivity index (χ4n) is 2.56. The number of halogens is 2. The number of hydrogen-bond donors (Lipinski definition) is 2. The molecule has 0 unspecified atom stereocenters. The number of nitrogens with two attached hydrogens (primary N) is 1. The van der Waals surface area contributed by atoms with E-state index in [0.717, 1.165) is 31.4 Å². The number of carbonyl (C=O) groups excluding carboxylic acids is 1. The van der Waals surface area contributed by atoms with Gasteiger partial charge in [0, 0.05) is 17.7 Å². The molecule has 0 fully saturated rings. The average molecular weight is 325 g/mol. The molecule has 21 heavy (non-hydrogen) atoms. The highest BCUT2D eigenvalue weighted by atomic mass is 35.5. The lowest BCUT2D eigenvalue weighted by Gasteiger charge is -2.06. The predicted octanol–water partition coefficient (Wildman–Crippen LogP) is 3.53. The summed E-state index contributed by atoms with van der Waals surface area (Å²) in [5, 5.41) is 8.45. The van der Waals surface area contributed by atoms with Crippen LogP contribution in [-0.4, -0.2) is 22.4 Å². The zero-order chi connectivity index (χ0) is 15.0. The molecule has 0 spiro atoms. The smallest absolute Gasteiger partial charge is 0.341 e. The molecule has 0 radical (unpaired) electrons. The third-order valence-electron chi connectivity index (χ3n) is 3.54. The number of hydrogen-bond acceptors (Lipinski definition) is 3. The molecule has 7 heteroatoms. The van der Waals surface area contributed by atoms with Crippen LogP contribution in [0.4, 0.5) is 10.6 Å². The lowest BCUT2D eigenvalue weighted by atomic mass is 10.0.